The average molecular weight is 770 g/mol. The van der Waals surface area contributed by atoms with Crippen LogP contribution in [-0.2, 0) is 9.53 Å². The number of carbonyl (C=O) groups is 1. The summed E-state index contributed by atoms with van der Waals surface area (Å²) in [6.07, 6.45) is 16.4. The maximum atomic E-state index is 14.0. The average Bonchev–Trinajstić information content (AvgIpc) is 3.75. The quantitative estimate of drug-likeness (QED) is 0.161. The number of aryl methyl sites for hydroxylation is 2. The van der Waals surface area contributed by atoms with Gasteiger partial charge in [-0.05, 0) is 130 Å². The zero-order valence-electron chi connectivity index (χ0n) is 33.9. The first-order chi connectivity index (χ1) is 25.8. The molecule has 0 bridgehead atoms. The molecule has 4 aliphatic carbocycles. The van der Waals surface area contributed by atoms with Crippen molar-refractivity contribution in [2.45, 2.75) is 145 Å². The largest absolute Gasteiger partial charge is 0.462 e. The van der Waals surface area contributed by atoms with Crippen LogP contribution in [0.15, 0.2) is 40.9 Å². The van der Waals surface area contributed by atoms with E-state index in [0.717, 1.165) is 82.4 Å². The molecule has 5 aliphatic rings. The number of thiophene rings is 1. The van der Waals surface area contributed by atoms with Gasteiger partial charge < -0.3 is 4.74 Å². The number of halogens is 1. The molecule has 290 valence electrons. The van der Waals surface area contributed by atoms with Crippen molar-refractivity contribution in [1.29, 1.82) is 0 Å². The van der Waals surface area contributed by atoms with E-state index in [4.69, 9.17) is 21.3 Å². The maximum absolute atomic E-state index is 14.0. The Kier molecular flexibility index (Phi) is 10.3. The summed E-state index contributed by atoms with van der Waals surface area (Å²) in [4.78, 5) is 20.5. The monoisotopic (exact) mass is 768 g/mol. The van der Waals surface area contributed by atoms with Crippen molar-refractivity contribution in [3.63, 3.8) is 0 Å². The van der Waals surface area contributed by atoms with Gasteiger partial charge in [-0.1, -0.05) is 89.3 Å². The van der Waals surface area contributed by atoms with Crippen LogP contribution in [0.5, 0.6) is 0 Å². The van der Waals surface area contributed by atoms with Crippen LogP contribution < -0.4 is 0 Å². The third kappa shape index (κ3) is 6.55. The number of nitrogens with zero attached hydrogens (tertiary/aromatic N) is 4. The van der Waals surface area contributed by atoms with Crippen molar-refractivity contribution in [3.8, 4) is 5.00 Å². The lowest BCUT2D eigenvalue weighted by Gasteiger charge is -2.58. The summed E-state index contributed by atoms with van der Waals surface area (Å²) in [5, 5.41) is 10.8. The van der Waals surface area contributed by atoms with Gasteiger partial charge in [0.2, 0.25) is 0 Å². The Morgan fingerprint density at radius 3 is 2.54 bits per heavy atom. The first kappa shape index (κ1) is 38.1. The molecule has 0 unspecified atom stereocenters. The molecule has 0 spiro atoms. The minimum Gasteiger partial charge on any atom is -0.462 e. The van der Waals surface area contributed by atoms with Gasteiger partial charge in [-0.15, -0.1) is 21.5 Å². The van der Waals surface area contributed by atoms with Gasteiger partial charge in [-0.2, -0.15) is 0 Å². The third-order valence-corrected chi connectivity index (χ3v) is 16.7. The van der Waals surface area contributed by atoms with Gasteiger partial charge >= 0.3 is 5.97 Å². The fourth-order valence-corrected chi connectivity index (χ4v) is 13.6. The molecule has 3 aromatic rings. The van der Waals surface area contributed by atoms with E-state index in [-0.39, 0.29) is 23.9 Å². The normalized spacial score (nSPS) is 32.0. The molecule has 3 fully saturated rings. The van der Waals surface area contributed by atoms with Crippen LogP contribution in [0.3, 0.4) is 0 Å². The summed E-state index contributed by atoms with van der Waals surface area (Å²) in [6, 6.07) is 7.32. The second-order valence-electron chi connectivity index (χ2n) is 18.8. The van der Waals surface area contributed by atoms with Gasteiger partial charge in [0.05, 0.1) is 12.1 Å². The van der Waals surface area contributed by atoms with Crippen molar-refractivity contribution >= 4 is 34.6 Å². The Labute approximate surface area is 332 Å². The van der Waals surface area contributed by atoms with Gasteiger partial charge in [0.25, 0.3) is 0 Å². The van der Waals surface area contributed by atoms with Crippen LogP contribution in [0.2, 0.25) is 5.02 Å². The second kappa shape index (κ2) is 14.6. The van der Waals surface area contributed by atoms with Gasteiger partial charge in [0, 0.05) is 27.4 Å². The number of ether oxygens (including phenoxy) is 1. The highest BCUT2D eigenvalue weighted by Gasteiger charge is 2.59. The van der Waals surface area contributed by atoms with Crippen LogP contribution >= 0.6 is 22.9 Å². The number of benzene rings is 1. The molecule has 3 saturated carbocycles. The zero-order valence-corrected chi connectivity index (χ0v) is 35.5. The van der Waals surface area contributed by atoms with E-state index in [1.807, 2.05) is 31.2 Å². The zero-order chi connectivity index (χ0) is 38.1. The maximum Gasteiger partial charge on any atom is 0.308 e. The number of esters is 1. The van der Waals surface area contributed by atoms with Gasteiger partial charge in [-0.3, -0.25) is 14.4 Å². The van der Waals surface area contributed by atoms with Crippen LogP contribution in [0.25, 0.3) is 5.00 Å². The molecule has 6 nitrogen and oxygen atoms in total. The molecule has 3 heterocycles. The van der Waals surface area contributed by atoms with Crippen LogP contribution in [-0.4, -0.2) is 32.5 Å². The molecular weight excluding hydrogens is 708 g/mol. The Morgan fingerprint density at radius 1 is 1.00 bits per heavy atom. The number of hydrogen-bond acceptors (Lipinski definition) is 6. The molecule has 8 heteroatoms. The Balaban J connectivity index is 0.979. The van der Waals surface area contributed by atoms with E-state index in [1.165, 1.54) is 61.8 Å². The topological polar surface area (TPSA) is 69.4 Å². The molecule has 0 saturated heterocycles. The molecule has 0 amide bonds. The molecule has 1 aliphatic heterocycles. The summed E-state index contributed by atoms with van der Waals surface area (Å²) in [5.41, 5.74) is 6.34. The van der Waals surface area contributed by atoms with Crippen LogP contribution in [0, 0.1) is 67.1 Å². The highest BCUT2D eigenvalue weighted by atomic mass is 35.5. The Morgan fingerprint density at radius 2 is 1.78 bits per heavy atom. The molecule has 54 heavy (non-hydrogen) atoms. The van der Waals surface area contributed by atoms with E-state index in [0.29, 0.717) is 16.3 Å². The first-order valence-electron chi connectivity index (χ1n) is 21.0. The number of rotatable bonds is 9. The molecular formula is C46H61ClN4O2S. The van der Waals surface area contributed by atoms with Gasteiger partial charge in [0.15, 0.2) is 5.82 Å². The SMILES string of the molecule is Cc1sc2c(c1C)C(c1ccc(Cl)cc1)=N[C@@H](CC(=O)O[C@H]1CC[C@@]3(C)C(=CC[C@H]4[C@@H]5CC[C@H]([C@H](C)CCCC(C)C)[C@@]5(C)CC[C@@H]43)C1)c1nnc(C)n1-2. The standard InChI is InChI=1S/C46H61ClN4O2S/c1-26(2)10-9-11-27(3)36-18-19-37-35-17-14-32-24-34(20-22-45(32,7)38(35)21-23-46(36,37)8)53-40(52)25-39-43-50-49-30(6)51(43)44-41(28(4)29(5)54-44)42(48-39)31-12-15-33(47)16-13-31/h12-16,26-27,34-39H,9-11,17-25H2,1-8H3/t27-,34+,35+,36-,37+,38+,39+,45+,46-/m1/s1. The lowest BCUT2D eigenvalue weighted by atomic mass is 9.47. The highest BCUT2D eigenvalue weighted by Crippen LogP contribution is 2.67. The van der Waals surface area contributed by atoms with E-state index in [2.05, 4.69) is 69.3 Å². The summed E-state index contributed by atoms with van der Waals surface area (Å²) in [7, 11) is 0. The second-order valence-corrected chi connectivity index (χ2v) is 20.4. The fourth-order valence-electron chi connectivity index (χ4n) is 12.3. The number of carbonyl (C=O) groups excluding carboxylic acids is 1. The number of allylic oxidation sites excluding steroid dienone is 1. The van der Waals surface area contributed by atoms with Crippen LogP contribution in [0.1, 0.15) is 151 Å². The van der Waals surface area contributed by atoms with Gasteiger partial charge in [-0.25, -0.2) is 0 Å². The highest BCUT2D eigenvalue weighted by molar-refractivity contribution is 7.15. The van der Waals surface area contributed by atoms with Crippen molar-refractivity contribution in [1.82, 2.24) is 14.8 Å². The molecule has 0 N–H and O–H groups in total. The minimum atomic E-state index is -0.517. The van der Waals surface area contributed by atoms with E-state index in [1.54, 1.807) is 16.9 Å². The minimum absolute atomic E-state index is 0.0959. The van der Waals surface area contributed by atoms with Crippen molar-refractivity contribution in [2.24, 2.45) is 51.3 Å². The van der Waals surface area contributed by atoms with E-state index in [9.17, 15) is 4.79 Å². The summed E-state index contributed by atoms with van der Waals surface area (Å²) in [5.74, 6) is 6.18. The summed E-state index contributed by atoms with van der Waals surface area (Å²) < 4.78 is 8.50. The number of aromatic nitrogens is 3. The van der Waals surface area contributed by atoms with E-state index >= 15 is 0 Å². The fraction of sp³-hybridized carbons (Fsp3) is 0.652. The van der Waals surface area contributed by atoms with Crippen LogP contribution in [0.4, 0.5) is 0 Å². The molecule has 1 aromatic carbocycles. The van der Waals surface area contributed by atoms with Crippen molar-refractivity contribution in [3.05, 3.63) is 74.2 Å². The lowest BCUT2D eigenvalue weighted by molar-refractivity contribution is -0.152. The molecule has 9 atom stereocenters. The molecule has 2 aromatic heterocycles. The predicted molar refractivity (Wildman–Crippen MR) is 221 cm³/mol. The number of fused-ring (bicyclic) bond motifs is 8. The summed E-state index contributed by atoms with van der Waals surface area (Å²) in [6.45, 7) is 18.8. The smallest absolute Gasteiger partial charge is 0.308 e. The number of aliphatic imine (C=N–C) groups is 1. The van der Waals surface area contributed by atoms with E-state index < -0.39 is 6.04 Å². The van der Waals surface area contributed by atoms with Gasteiger partial charge in [0.1, 0.15) is 23.0 Å². The Bertz CT molecular complexity index is 1960. The lowest BCUT2D eigenvalue weighted by Crippen LogP contribution is -2.51. The summed E-state index contributed by atoms with van der Waals surface area (Å²) >= 11 is 8.03. The molecule has 0 radical (unpaired) electrons. The third-order valence-electron chi connectivity index (χ3n) is 15.3. The predicted octanol–water partition coefficient (Wildman–Crippen LogP) is 12.1. The first-order valence-corrected chi connectivity index (χ1v) is 22.2. The Hall–Kier alpha value is -2.77. The molecule has 8 rings (SSSR count). The van der Waals surface area contributed by atoms with Crippen molar-refractivity contribution in [2.75, 3.05) is 0 Å². The van der Waals surface area contributed by atoms with Crippen molar-refractivity contribution < 1.29 is 9.53 Å². The number of hydrogen-bond donors (Lipinski definition) is 0.